The summed E-state index contributed by atoms with van der Waals surface area (Å²) in [6, 6.07) is 11.3. The number of nitrogens with one attached hydrogen (secondary N) is 9. The van der Waals surface area contributed by atoms with E-state index in [0.717, 1.165) is 27.7 Å². The molecule has 87 heavy (non-hydrogen) atoms. The maximum atomic E-state index is 14.9. The molecule has 1 aliphatic rings. The molecule has 0 spiro atoms. The minimum absolute atomic E-state index is 0.0224. The van der Waals surface area contributed by atoms with Crippen molar-refractivity contribution in [3.05, 3.63) is 137 Å². The molecule has 0 aliphatic carbocycles. The molecule has 26 nitrogen and oxygen atoms in total. The van der Waals surface area contributed by atoms with E-state index in [1.807, 2.05) is 0 Å². The molecule has 4 aromatic rings. The predicted octanol–water partition coefficient (Wildman–Crippen LogP) is -0.348. The lowest BCUT2D eigenvalue weighted by atomic mass is 10.0. The minimum Gasteiger partial charge on any atom is -0.508 e. The van der Waals surface area contributed by atoms with Crippen LogP contribution in [-0.4, -0.2) is 148 Å². The number of aromatic hydroxyl groups is 2. The zero-order valence-corrected chi connectivity index (χ0v) is 49.9. The highest BCUT2D eigenvalue weighted by atomic mass is 35.5. The number of benzene rings is 4. The fraction of sp³-hybridized carbons (Fsp3) is 0.379. The molecule has 1 heterocycles. The van der Waals surface area contributed by atoms with Gasteiger partial charge in [-0.05, 0) is 116 Å². The normalized spacial score (nSPS) is 20.0. The zero-order chi connectivity index (χ0) is 63.6. The molecular weight excluding hydrogens is 1180 g/mol. The number of urea groups is 1. The molecule has 0 saturated carbocycles. The molecule has 11 amide bonds. The van der Waals surface area contributed by atoms with Crippen LogP contribution in [0.4, 0.5) is 10.5 Å². The molecule has 1 aliphatic heterocycles. The number of anilines is 1. The number of primary amides is 2. The summed E-state index contributed by atoms with van der Waals surface area (Å²) in [7, 11) is 1.95. The fourth-order valence-corrected chi connectivity index (χ4v) is 11.1. The van der Waals surface area contributed by atoms with Crippen molar-refractivity contribution in [3.63, 3.8) is 0 Å². The van der Waals surface area contributed by atoms with Gasteiger partial charge in [-0.2, -0.15) is 0 Å². The quantitative estimate of drug-likeness (QED) is 0.0242. The first-order valence-corrected chi connectivity index (χ1v) is 30.6. The molecule has 4 aromatic carbocycles. The van der Waals surface area contributed by atoms with E-state index in [9.17, 15) is 58.2 Å². The standard InChI is InChI=1S/C58H75ClN14O12S2/c1-2-42-52(79)73-48(56(83)69-44(49(63)76)27-34-12-20-38(74)21-13-34)31-87-86-30-47(72-51(78)41(62)26-32-8-16-36(59)17-9-32)57(84)71-46(29-35-14-22-39(75)23-15-35)55(82)70-45(54(81)68-43(53(80)67-42)7-3-4-24-60)28-33-10-18-37(19-11-33)66-50(77)40(61)6-5-25-65-58(64)85/h2,8-23,40-48,74-75H,1,3-7,24-31,60-62H2,(H2,63,76)(H,66,77)(H,67,80)(H,68,81)(H,69,83)(H,70,82)(H,71,84)(H,72,78)(H,73,79)(H3,64,65,85)/t40-,41-,42-,43-,44+,45+,46-,47+,48-/m0/s1. The van der Waals surface area contributed by atoms with Gasteiger partial charge in [-0.25, -0.2) is 4.79 Å². The third kappa shape index (κ3) is 23.8. The number of amides is 11. The third-order valence-electron chi connectivity index (χ3n) is 13.6. The van der Waals surface area contributed by atoms with Crippen LogP contribution in [0, 0.1) is 0 Å². The molecule has 0 radical (unpaired) electrons. The number of phenols is 2. The maximum Gasteiger partial charge on any atom is 0.312 e. The van der Waals surface area contributed by atoms with Crippen LogP contribution in [0.3, 0.4) is 0 Å². The van der Waals surface area contributed by atoms with E-state index in [0.29, 0.717) is 52.2 Å². The second-order valence-electron chi connectivity index (χ2n) is 20.5. The lowest BCUT2D eigenvalue weighted by molar-refractivity contribution is -0.135. The number of carbonyl (C=O) groups excluding carboxylic acids is 10. The number of unbranched alkanes of at least 4 members (excludes halogenated alkanes) is 1. The van der Waals surface area contributed by atoms with Gasteiger partial charge in [0.1, 0.15) is 53.8 Å². The molecule has 0 unspecified atom stereocenters. The SMILES string of the molecule is C=C[C@@H]1NC(=O)[C@H](CCCCN)NC(=O)[C@@H](Cc2ccc(NC(=O)[C@@H](N)CCCNC(N)=O)cc2)NC(=O)[C@H](Cc2ccc(O)cc2)NC(=O)[C@H](NC(=O)[C@@H](N)Cc2ccc(Cl)cc2)CSSC[C@@H](C(=O)N[C@H](Cc2ccc(O)cc2)C(N)=O)NC1=O. The summed E-state index contributed by atoms with van der Waals surface area (Å²) in [5, 5.41) is 44.2. The second kappa shape index (κ2) is 35.3. The lowest BCUT2D eigenvalue weighted by Gasteiger charge is -2.28. The number of rotatable bonds is 24. The lowest BCUT2D eigenvalue weighted by Crippen LogP contribution is -2.61. The predicted molar refractivity (Wildman–Crippen MR) is 331 cm³/mol. The third-order valence-corrected chi connectivity index (χ3v) is 16.3. The second-order valence-corrected chi connectivity index (χ2v) is 23.4. The van der Waals surface area contributed by atoms with Gasteiger partial charge in [-0.15, -0.1) is 6.58 Å². The molecule has 1 fully saturated rings. The van der Waals surface area contributed by atoms with Crippen molar-refractivity contribution >= 4 is 98.1 Å². The Labute approximate surface area is 515 Å². The Bertz CT molecular complexity index is 3020. The first-order valence-electron chi connectivity index (χ1n) is 27.8. The van der Waals surface area contributed by atoms with Crippen LogP contribution in [0.2, 0.25) is 5.02 Å². The molecule has 468 valence electrons. The first kappa shape index (κ1) is 69.4. The van der Waals surface area contributed by atoms with Crippen molar-refractivity contribution in [1.29, 1.82) is 0 Å². The number of hydrogen-bond donors (Lipinski definition) is 16. The zero-order valence-electron chi connectivity index (χ0n) is 47.5. The van der Waals surface area contributed by atoms with Gasteiger partial charge in [0.15, 0.2) is 0 Å². The minimum atomic E-state index is -1.54. The average molecular weight is 1260 g/mol. The van der Waals surface area contributed by atoms with Crippen LogP contribution in [-0.2, 0) is 68.8 Å². The van der Waals surface area contributed by atoms with Crippen molar-refractivity contribution in [3.8, 4) is 11.5 Å². The van der Waals surface area contributed by atoms with Gasteiger partial charge in [0.05, 0.1) is 12.1 Å². The molecule has 21 N–H and O–H groups in total. The smallest absolute Gasteiger partial charge is 0.312 e. The van der Waals surface area contributed by atoms with Crippen molar-refractivity contribution < 1.29 is 58.2 Å². The summed E-state index contributed by atoms with van der Waals surface area (Å²) < 4.78 is 0. The molecule has 29 heteroatoms. The summed E-state index contributed by atoms with van der Waals surface area (Å²) in [4.78, 5) is 138. The average Bonchev–Trinajstić information content (AvgIpc) is 3.44. The topological polar surface area (TPSA) is 450 Å². The number of carbonyl (C=O) groups is 10. The molecule has 5 rings (SSSR count). The van der Waals surface area contributed by atoms with Crippen LogP contribution in [0.15, 0.2) is 110 Å². The Balaban J connectivity index is 1.54. The summed E-state index contributed by atoms with van der Waals surface area (Å²) in [5.41, 5.74) is 31.5. The summed E-state index contributed by atoms with van der Waals surface area (Å²) in [6.07, 6.45) is 1.79. The van der Waals surface area contributed by atoms with E-state index in [4.69, 9.17) is 40.3 Å². The van der Waals surface area contributed by atoms with Gasteiger partial charge in [-0.1, -0.05) is 87.8 Å². The largest absolute Gasteiger partial charge is 0.508 e. The van der Waals surface area contributed by atoms with E-state index in [1.54, 1.807) is 36.4 Å². The van der Waals surface area contributed by atoms with Crippen molar-refractivity contribution in [2.75, 3.05) is 29.9 Å². The summed E-state index contributed by atoms with van der Waals surface area (Å²) in [5.74, 6) is -8.27. The van der Waals surface area contributed by atoms with Crippen LogP contribution in [0.25, 0.3) is 0 Å². The van der Waals surface area contributed by atoms with Gasteiger partial charge in [0.25, 0.3) is 0 Å². The molecule has 0 aromatic heterocycles. The van der Waals surface area contributed by atoms with Crippen molar-refractivity contribution in [1.82, 2.24) is 42.5 Å². The molecule has 1 saturated heterocycles. The highest BCUT2D eigenvalue weighted by Crippen LogP contribution is 2.25. The van der Waals surface area contributed by atoms with Crippen molar-refractivity contribution in [2.24, 2.45) is 28.7 Å². The van der Waals surface area contributed by atoms with Gasteiger partial charge in [0.2, 0.25) is 53.2 Å². The highest BCUT2D eigenvalue weighted by Gasteiger charge is 2.35. The Hall–Kier alpha value is -8.41. The van der Waals surface area contributed by atoms with E-state index < -0.39 is 114 Å². The monoisotopic (exact) mass is 1260 g/mol. The highest BCUT2D eigenvalue weighted by molar-refractivity contribution is 8.76. The molecular formula is C58H75ClN14O12S2. The maximum absolute atomic E-state index is 14.9. The van der Waals surface area contributed by atoms with E-state index in [1.165, 1.54) is 60.7 Å². The van der Waals surface area contributed by atoms with Gasteiger partial charge in [-0.3, -0.25) is 43.2 Å². The summed E-state index contributed by atoms with van der Waals surface area (Å²) in [6.45, 7) is 4.15. The van der Waals surface area contributed by atoms with Crippen LogP contribution < -0.4 is 76.5 Å². The number of phenolic OH excluding ortho intramolecular Hbond substituents is 2. The summed E-state index contributed by atoms with van der Waals surface area (Å²) >= 11 is 6.09. The number of nitrogens with two attached hydrogens (primary N) is 5. The molecule has 0 bridgehead atoms. The molecule has 9 atom stereocenters. The van der Waals surface area contributed by atoms with Gasteiger partial charge >= 0.3 is 6.03 Å². The van der Waals surface area contributed by atoms with Gasteiger partial charge in [0, 0.05) is 48.0 Å². The van der Waals surface area contributed by atoms with Crippen LogP contribution in [0.1, 0.15) is 54.4 Å². The number of halogens is 1. The fourth-order valence-electron chi connectivity index (χ4n) is 8.68. The van der Waals surface area contributed by atoms with E-state index >= 15 is 0 Å². The van der Waals surface area contributed by atoms with E-state index in [-0.39, 0.29) is 74.6 Å². The van der Waals surface area contributed by atoms with Crippen LogP contribution >= 0.6 is 33.2 Å². The Kier molecular flexibility index (Phi) is 28.1. The Morgan fingerprint density at radius 2 is 1.16 bits per heavy atom. The van der Waals surface area contributed by atoms with Crippen LogP contribution in [0.5, 0.6) is 11.5 Å². The number of hydrogen-bond acceptors (Lipinski definition) is 17. The van der Waals surface area contributed by atoms with Crippen molar-refractivity contribution in [2.45, 2.75) is 112 Å². The first-order chi connectivity index (χ1) is 41.5. The van der Waals surface area contributed by atoms with Gasteiger partial charge < -0.3 is 86.7 Å². The Morgan fingerprint density at radius 1 is 0.632 bits per heavy atom. The van der Waals surface area contributed by atoms with E-state index in [2.05, 4.69) is 54.4 Å². The Morgan fingerprint density at radius 3 is 1.74 bits per heavy atom.